The Morgan fingerprint density at radius 1 is 0.500 bits per heavy atom. The van der Waals surface area contributed by atoms with Gasteiger partial charge in [0.25, 0.3) is 0 Å². The molecule has 0 spiro atoms. The molecule has 3 heteroatoms. The van der Waals surface area contributed by atoms with Crippen LogP contribution in [0.5, 0.6) is 5.75 Å². The molecule has 0 fully saturated rings. The average Bonchev–Trinajstić information content (AvgIpc) is 3.41. The molecule has 1 atom stereocenters. The van der Waals surface area contributed by atoms with Crippen molar-refractivity contribution in [3.05, 3.63) is 139 Å². The molecule has 0 radical (unpaired) electrons. The maximum Gasteiger partial charge on any atom is 0.196 e. The summed E-state index contributed by atoms with van der Waals surface area (Å²) in [7, 11) is 0. The SMILES string of the molecule is c1ccc(C2Nc3c(c4ccc(N(c5ccccc5)c5ccccc5)cc4c4ccccc34)O2)cc1. The monoisotopic (exact) mass is 464 g/mol. The molecule has 7 rings (SSSR count). The number of benzene rings is 6. The van der Waals surface area contributed by atoms with Gasteiger partial charge < -0.3 is 15.0 Å². The van der Waals surface area contributed by atoms with E-state index in [0.717, 1.165) is 39.4 Å². The summed E-state index contributed by atoms with van der Waals surface area (Å²) in [6.07, 6.45) is -0.208. The van der Waals surface area contributed by atoms with Gasteiger partial charge in [-0.3, -0.25) is 0 Å². The zero-order chi connectivity index (χ0) is 23.9. The van der Waals surface area contributed by atoms with Gasteiger partial charge >= 0.3 is 0 Å². The number of fused-ring (bicyclic) bond motifs is 6. The van der Waals surface area contributed by atoms with Crippen molar-refractivity contribution in [2.45, 2.75) is 6.23 Å². The van der Waals surface area contributed by atoms with Crippen LogP contribution >= 0.6 is 0 Å². The van der Waals surface area contributed by atoms with Crippen LogP contribution in [0.1, 0.15) is 11.8 Å². The Morgan fingerprint density at radius 3 is 1.75 bits per heavy atom. The summed E-state index contributed by atoms with van der Waals surface area (Å²) in [6, 6.07) is 46.6. The highest BCUT2D eigenvalue weighted by Crippen LogP contribution is 2.49. The third-order valence-corrected chi connectivity index (χ3v) is 6.86. The Hall–Kier alpha value is -4.76. The molecule has 1 N–H and O–H groups in total. The van der Waals surface area contributed by atoms with Gasteiger partial charge in [-0.15, -0.1) is 0 Å². The zero-order valence-corrected chi connectivity index (χ0v) is 19.6. The van der Waals surface area contributed by atoms with Crippen molar-refractivity contribution in [3.8, 4) is 5.75 Å². The van der Waals surface area contributed by atoms with E-state index in [4.69, 9.17) is 4.74 Å². The summed E-state index contributed by atoms with van der Waals surface area (Å²) in [5.74, 6) is 0.912. The van der Waals surface area contributed by atoms with Crippen molar-refractivity contribution in [3.63, 3.8) is 0 Å². The number of anilines is 4. The summed E-state index contributed by atoms with van der Waals surface area (Å²) < 4.78 is 6.56. The molecule has 1 aliphatic heterocycles. The van der Waals surface area contributed by atoms with Gasteiger partial charge in [0.1, 0.15) is 0 Å². The van der Waals surface area contributed by atoms with E-state index < -0.39 is 0 Å². The maximum atomic E-state index is 6.56. The second kappa shape index (κ2) is 8.47. The van der Waals surface area contributed by atoms with Gasteiger partial charge in [0.2, 0.25) is 0 Å². The van der Waals surface area contributed by atoms with Gasteiger partial charge in [-0.2, -0.15) is 0 Å². The van der Waals surface area contributed by atoms with Crippen molar-refractivity contribution in [2.75, 3.05) is 10.2 Å². The molecule has 6 aromatic carbocycles. The quantitative estimate of drug-likeness (QED) is 0.264. The molecule has 0 saturated heterocycles. The maximum absolute atomic E-state index is 6.56. The first kappa shape index (κ1) is 20.6. The van der Waals surface area contributed by atoms with Crippen molar-refractivity contribution in [1.82, 2.24) is 0 Å². The lowest BCUT2D eigenvalue weighted by atomic mass is 9.98. The molecular formula is C33H24N2O. The normalized spacial score (nSPS) is 14.3. The molecule has 3 nitrogen and oxygen atoms in total. The minimum absolute atomic E-state index is 0.208. The second-order valence-electron chi connectivity index (χ2n) is 9.04. The first-order valence-corrected chi connectivity index (χ1v) is 12.2. The van der Waals surface area contributed by atoms with Crippen LogP contribution in [0, 0.1) is 0 Å². The second-order valence-corrected chi connectivity index (χ2v) is 9.04. The van der Waals surface area contributed by atoms with Crippen LogP contribution in [-0.4, -0.2) is 0 Å². The van der Waals surface area contributed by atoms with E-state index in [1.54, 1.807) is 0 Å². The van der Waals surface area contributed by atoms with E-state index in [1.807, 2.05) is 18.2 Å². The molecule has 172 valence electrons. The molecule has 6 aromatic rings. The van der Waals surface area contributed by atoms with E-state index >= 15 is 0 Å². The largest absolute Gasteiger partial charge is 0.464 e. The van der Waals surface area contributed by atoms with Gasteiger partial charge in [-0.05, 0) is 53.2 Å². The lowest BCUT2D eigenvalue weighted by Crippen LogP contribution is -2.09. The Morgan fingerprint density at radius 2 is 1.08 bits per heavy atom. The van der Waals surface area contributed by atoms with Crippen LogP contribution in [0.3, 0.4) is 0 Å². The van der Waals surface area contributed by atoms with Gasteiger partial charge in [-0.1, -0.05) is 91.0 Å². The number of hydrogen-bond donors (Lipinski definition) is 1. The number of nitrogens with zero attached hydrogens (tertiary/aromatic N) is 1. The molecule has 1 heterocycles. The zero-order valence-electron chi connectivity index (χ0n) is 19.6. The lowest BCUT2D eigenvalue weighted by molar-refractivity contribution is 0.262. The average molecular weight is 465 g/mol. The Bertz CT molecular complexity index is 1640. The van der Waals surface area contributed by atoms with Gasteiger partial charge in [0, 0.05) is 33.4 Å². The van der Waals surface area contributed by atoms with E-state index in [9.17, 15) is 0 Å². The van der Waals surface area contributed by atoms with E-state index in [-0.39, 0.29) is 6.23 Å². The Labute approximate surface area is 210 Å². The van der Waals surface area contributed by atoms with Crippen molar-refractivity contribution in [1.29, 1.82) is 0 Å². The Balaban J connectivity index is 1.44. The van der Waals surface area contributed by atoms with Crippen LogP contribution < -0.4 is 15.0 Å². The van der Waals surface area contributed by atoms with Crippen LogP contribution in [-0.2, 0) is 0 Å². The Kier molecular flexibility index (Phi) is 4.85. The molecular weight excluding hydrogens is 440 g/mol. The summed E-state index contributed by atoms with van der Waals surface area (Å²) in [4.78, 5) is 2.30. The number of para-hydroxylation sites is 2. The van der Waals surface area contributed by atoms with Crippen LogP contribution in [0.25, 0.3) is 21.5 Å². The van der Waals surface area contributed by atoms with E-state index in [0.29, 0.717) is 0 Å². The smallest absolute Gasteiger partial charge is 0.196 e. The van der Waals surface area contributed by atoms with Crippen molar-refractivity contribution < 1.29 is 4.74 Å². The molecule has 1 unspecified atom stereocenters. The number of nitrogens with one attached hydrogen (secondary N) is 1. The summed E-state index contributed by atoms with van der Waals surface area (Å²) in [6.45, 7) is 0. The molecule has 0 saturated carbocycles. The van der Waals surface area contributed by atoms with Crippen LogP contribution in [0.2, 0.25) is 0 Å². The summed E-state index contributed by atoms with van der Waals surface area (Å²) in [5.41, 5.74) is 5.52. The van der Waals surface area contributed by atoms with Crippen molar-refractivity contribution >= 4 is 44.3 Å². The van der Waals surface area contributed by atoms with E-state index in [1.165, 1.54) is 16.2 Å². The van der Waals surface area contributed by atoms with Crippen molar-refractivity contribution in [2.24, 2.45) is 0 Å². The number of rotatable bonds is 4. The minimum atomic E-state index is -0.208. The van der Waals surface area contributed by atoms with Gasteiger partial charge in [0.05, 0.1) is 5.69 Å². The standard InChI is InChI=1S/C33H24N2O/c1-4-12-23(13-5-1)33-34-31-28-19-11-10-18-27(28)30-22-26(20-21-29(30)32(31)36-33)35(24-14-6-2-7-15-24)25-16-8-3-9-17-25/h1-22,33-34H. The summed E-state index contributed by atoms with van der Waals surface area (Å²) >= 11 is 0. The first-order chi connectivity index (χ1) is 17.9. The lowest BCUT2D eigenvalue weighted by Gasteiger charge is -2.26. The highest BCUT2D eigenvalue weighted by molar-refractivity contribution is 6.18. The molecule has 0 aromatic heterocycles. The van der Waals surface area contributed by atoms with E-state index in [2.05, 4.69) is 125 Å². The van der Waals surface area contributed by atoms with Crippen LogP contribution in [0.15, 0.2) is 133 Å². The predicted molar refractivity (Wildman–Crippen MR) is 150 cm³/mol. The molecule has 36 heavy (non-hydrogen) atoms. The van der Waals surface area contributed by atoms with Crippen LogP contribution in [0.4, 0.5) is 22.7 Å². The minimum Gasteiger partial charge on any atom is -0.464 e. The summed E-state index contributed by atoms with van der Waals surface area (Å²) in [5, 5.41) is 8.30. The fourth-order valence-corrected chi connectivity index (χ4v) is 5.21. The molecule has 0 bridgehead atoms. The first-order valence-electron chi connectivity index (χ1n) is 12.2. The van der Waals surface area contributed by atoms with Gasteiger partial charge in [0.15, 0.2) is 12.0 Å². The predicted octanol–water partition coefficient (Wildman–Crippen LogP) is 8.97. The number of ether oxygens (including phenoxy) is 1. The molecule has 0 amide bonds. The third kappa shape index (κ3) is 3.37. The number of hydrogen-bond acceptors (Lipinski definition) is 3. The fraction of sp³-hybridized carbons (Fsp3) is 0.0303. The highest BCUT2D eigenvalue weighted by Gasteiger charge is 2.28. The third-order valence-electron chi connectivity index (χ3n) is 6.86. The van der Waals surface area contributed by atoms with Gasteiger partial charge in [-0.25, -0.2) is 0 Å². The fourth-order valence-electron chi connectivity index (χ4n) is 5.21. The topological polar surface area (TPSA) is 24.5 Å². The molecule has 0 aliphatic carbocycles. The highest BCUT2D eigenvalue weighted by atomic mass is 16.5. The molecule has 1 aliphatic rings.